The van der Waals surface area contributed by atoms with Crippen LogP contribution in [-0.4, -0.2) is 20.1 Å². The highest BCUT2D eigenvalue weighted by Gasteiger charge is 2.21. The summed E-state index contributed by atoms with van der Waals surface area (Å²) in [5, 5.41) is 17.2. The molecule has 1 aliphatic carbocycles. The standard InChI is InChI=1S/C10H17N3O/c1-2-10-9(7-14)11-12-13(10)8-5-3-4-6-8/h8,14H,2-7H2,1H3. The van der Waals surface area contributed by atoms with Crippen molar-refractivity contribution in [3.63, 3.8) is 0 Å². The Morgan fingerprint density at radius 1 is 1.43 bits per heavy atom. The van der Waals surface area contributed by atoms with E-state index in [0.29, 0.717) is 6.04 Å². The summed E-state index contributed by atoms with van der Waals surface area (Å²) in [6, 6.07) is 0.526. The first-order valence-electron chi connectivity index (χ1n) is 5.40. The number of aliphatic hydroxyl groups is 1. The summed E-state index contributed by atoms with van der Waals surface area (Å²) in [4.78, 5) is 0. The molecule has 2 rings (SSSR count). The van der Waals surface area contributed by atoms with Gasteiger partial charge in [0.25, 0.3) is 0 Å². The van der Waals surface area contributed by atoms with E-state index in [-0.39, 0.29) is 6.61 Å². The van der Waals surface area contributed by atoms with Gasteiger partial charge in [-0.3, -0.25) is 0 Å². The number of aliphatic hydroxyl groups excluding tert-OH is 1. The number of rotatable bonds is 3. The Hall–Kier alpha value is -0.900. The van der Waals surface area contributed by atoms with Gasteiger partial charge in [0, 0.05) is 0 Å². The van der Waals surface area contributed by atoms with Crippen LogP contribution in [0.1, 0.15) is 50.0 Å². The summed E-state index contributed by atoms with van der Waals surface area (Å²) in [6.45, 7) is 2.10. The van der Waals surface area contributed by atoms with Gasteiger partial charge in [0.2, 0.25) is 0 Å². The van der Waals surface area contributed by atoms with Crippen molar-refractivity contribution in [1.29, 1.82) is 0 Å². The van der Waals surface area contributed by atoms with Crippen LogP contribution in [0.15, 0.2) is 0 Å². The highest BCUT2D eigenvalue weighted by molar-refractivity contribution is 5.10. The van der Waals surface area contributed by atoms with Gasteiger partial charge in [-0.05, 0) is 19.3 Å². The molecular weight excluding hydrogens is 178 g/mol. The number of nitrogens with zero attached hydrogens (tertiary/aromatic N) is 3. The predicted molar refractivity (Wildman–Crippen MR) is 52.8 cm³/mol. The molecular formula is C10H17N3O. The Kier molecular flexibility index (Phi) is 2.82. The normalized spacial score (nSPS) is 17.9. The van der Waals surface area contributed by atoms with E-state index in [1.54, 1.807) is 0 Å². The summed E-state index contributed by atoms with van der Waals surface area (Å²) in [7, 11) is 0. The second kappa shape index (κ2) is 4.09. The minimum absolute atomic E-state index is 0.00981. The van der Waals surface area contributed by atoms with Crippen LogP contribution in [0.25, 0.3) is 0 Å². The summed E-state index contributed by atoms with van der Waals surface area (Å²) < 4.78 is 2.03. The lowest BCUT2D eigenvalue weighted by Gasteiger charge is -2.12. The van der Waals surface area contributed by atoms with Crippen molar-refractivity contribution in [2.24, 2.45) is 0 Å². The first-order valence-corrected chi connectivity index (χ1v) is 5.40. The molecule has 0 amide bonds. The molecule has 4 heteroatoms. The third-order valence-electron chi connectivity index (χ3n) is 3.03. The van der Waals surface area contributed by atoms with E-state index >= 15 is 0 Å². The van der Waals surface area contributed by atoms with Gasteiger partial charge in [0.1, 0.15) is 5.69 Å². The van der Waals surface area contributed by atoms with E-state index in [1.807, 2.05) is 4.68 Å². The van der Waals surface area contributed by atoms with E-state index in [1.165, 1.54) is 25.7 Å². The molecule has 0 unspecified atom stereocenters. The first-order chi connectivity index (χ1) is 6.86. The second-order valence-corrected chi connectivity index (χ2v) is 3.88. The van der Waals surface area contributed by atoms with E-state index in [2.05, 4.69) is 17.2 Å². The van der Waals surface area contributed by atoms with Crippen molar-refractivity contribution in [3.05, 3.63) is 11.4 Å². The summed E-state index contributed by atoms with van der Waals surface area (Å²) in [5.41, 5.74) is 1.86. The van der Waals surface area contributed by atoms with E-state index < -0.39 is 0 Å². The second-order valence-electron chi connectivity index (χ2n) is 3.88. The lowest BCUT2D eigenvalue weighted by Crippen LogP contribution is -2.10. The maximum Gasteiger partial charge on any atom is 0.111 e. The Balaban J connectivity index is 2.27. The lowest BCUT2D eigenvalue weighted by molar-refractivity contribution is 0.275. The first kappa shape index (κ1) is 9.65. The minimum atomic E-state index is 0.00981. The monoisotopic (exact) mass is 195 g/mol. The van der Waals surface area contributed by atoms with E-state index in [9.17, 15) is 0 Å². The van der Waals surface area contributed by atoms with Crippen molar-refractivity contribution in [3.8, 4) is 0 Å². The zero-order chi connectivity index (χ0) is 9.97. The minimum Gasteiger partial charge on any atom is -0.390 e. The Bertz CT molecular complexity index is 302. The van der Waals surface area contributed by atoms with Gasteiger partial charge in [-0.1, -0.05) is 25.0 Å². The molecule has 1 aromatic rings. The van der Waals surface area contributed by atoms with E-state index in [4.69, 9.17) is 5.11 Å². The van der Waals surface area contributed by atoms with Gasteiger partial charge in [0.15, 0.2) is 0 Å². The number of hydrogen-bond acceptors (Lipinski definition) is 3. The molecule has 0 atom stereocenters. The Morgan fingerprint density at radius 3 is 2.71 bits per heavy atom. The molecule has 1 aromatic heterocycles. The van der Waals surface area contributed by atoms with Crippen molar-refractivity contribution < 1.29 is 5.11 Å². The van der Waals surface area contributed by atoms with Gasteiger partial charge >= 0.3 is 0 Å². The van der Waals surface area contributed by atoms with Crippen molar-refractivity contribution >= 4 is 0 Å². The van der Waals surface area contributed by atoms with Gasteiger partial charge in [-0.25, -0.2) is 4.68 Å². The van der Waals surface area contributed by atoms with E-state index in [0.717, 1.165) is 17.8 Å². The zero-order valence-corrected chi connectivity index (χ0v) is 8.61. The van der Waals surface area contributed by atoms with Gasteiger partial charge in [0.05, 0.1) is 18.3 Å². The molecule has 1 fully saturated rings. The molecule has 0 aromatic carbocycles. The quantitative estimate of drug-likeness (QED) is 0.794. The highest BCUT2D eigenvalue weighted by atomic mass is 16.3. The lowest BCUT2D eigenvalue weighted by atomic mass is 10.2. The highest BCUT2D eigenvalue weighted by Crippen LogP contribution is 2.30. The van der Waals surface area contributed by atoms with Gasteiger partial charge < -0.3 is 5.11 Å². The molecule has 1 N–H and O–H groups in total. The van der Waals surface area contributed by atoms with Crippen LogP contribution in [0.2, 0.25) is 0 Å². The SMILES string of the molecule is CCc1c(CO)nnn1C1CCCC1. The molecule has 78 valence electrons. The summed E-state index contributed by atoms with van der Waals surface area (Å²) in [5.74, 6) is 0. The maximum atomic E-state index is 9.09. The number of hydrogen-bond donors (Lipinski definition) is 1. The zero-order valence-electron chi connectivity index (χ0n) is 8.61. The Labute approximate surface area is 83.9 Å². The molecule has 1 saturated carbocycles. The van der Waals surface area contributed by atoms with Crippen LogP contribution in [-0.2, 0) is 13.0 Å². The third kappa shape index (κ3) is 1.54. The third-order valence-corrected chi connectivity index (χ3v) is 3.03. The van der Waals surface area contributed by atoms with Crippen LogP contribution < -0.4 is 0 Å². The average molecular weight is 195 g/mol. The van der Waals surface area contributed by atoms with Crippen LogP contribution in [0, 0.1) is 0 Å². The molecule has 4 nitrogen and oxygen atoms in total. The molecule has 0 spiro atoms. The molecule has 1 aliphatic rings. The van der Waals surface area contributed by atoms with Crippen LogP contribution in [0.3, 0.4) is 0 Å². The Morgan fingerprint density at radius 2 is 2.14 bits per heavy atom. The molecule has 1 heterocycles. The fourth-order valence-electron chi connectivity index (χ4n) is 2.28. The largest absolute Gasteiger partial charge is 0.390 e. The molecule has 14 heavy (non-hydrogen) atoms. The van der Waals surface area contributed by atoms with Crippen LogP contribution in [0.4, 0.5) is 0 Å². The van der Waals surface area contributed by atoms with Crippen molar-refractivity contribution in [1.82, 2.24) is 15.0 Å². The number of aromatic nitrogens is 3. The molecule has 0 saturated heterocycles. The summed E-state index contributed by atoms with van der Waals surface area (Å²) in [6.07, 6.45) is 5.91. The summed E-state index contributed by atoms with van der Waals surface area (Å²) >= 11 is 0. The van der Waals surface area contributed by atoms with Gasteiger partial charge in [-0.15, -0.1) is 5.10 Å². The van der Waals surface area contributed by atoms with Crippen molar-refractivity contribution in [2.45, 2.75) is 51.7 Å². The van der Waals surface area contributed by atoms with Crippen molar-refractivity contribution in [2.75, 3.05) is 0 Å². The fraction of sp³-hybridized carbons (Fsp3) is 0.800. The topological polar surface area (TPSA) is 50.9 Å². The smallest absolute Gasteiger partial charge is 0.111 e. The van der Waals surface area contributed by atoms with Gasteiger partial charge in [-0.2, -0.15) is 0 Å². The van der Waals surface area contributed by atoms with Crippen LogP contribution in [0.5, 0.6) is 0 Å². The molecule has 0 radical (unpaired) electrons. The molecule has 0 aliphatic heterocycles. The molecule has 0 bridgehead atoms. The predicted octanol–water partition coefficient (Wildman–Crippen LogP) is 1.45. The van der Waals surface area contributed by atoms with Crippen LogP contribution >= 0.6 is 0 Å². The average Bonchev–Trinajstić information content (AvgIpc) is 2.85. The maximum absolute atomic E-state index is 9.09. The fourth-order valence-corrected chi connectivity index (χ4v) is 2.28.